The topological polar surface area (TPSA) is 15.3 Å². The summed E-state index contributed by atoms with van der Waals surface area (Å²) in [4.78, 5) is 2.72. The molecule has 1 atom stereocenters. The summed E-state index contributed by atoms with van der Waals surface area (Å²) in [6.07, 6.45) is 5.34. The van der Waals surface area contributed by atoms with Crippen molar-refractivity contribution < 1.29 is 0 Å². The Hall–Kier alpha value is -0.0800. The van der Waals surface area contributed by atoms with Crippen LogP contribution >= 0.6 is 0 Å². The van der Waals surface area contributed by atoms with Crippen LogP contribution in [0.15, 0.2) is 0 Å². The summed E-state index contributed by atoms with van der Waals surface area (Å²) in [5.41, 5.74) is 1.03. The fourth-order valence-corrected chi connectivity index (χ4v) is 3.27. The molecule has 0 bridgehead atoms. The van der Waals surface area contributed by atoms with Crippen molar-refractivity contribution in [2.24, 2.45) is 10.8 Å². The zero-order valence-electron chi connectivity index (χ0n) is 14.2. The Kier molecular flexibility index (Phi) is 6.32. The molecule has 0 aromatic carbocycles. The molecule has 1 N–H and O–H groups in total. The number of likely N-dealkylation sites (tertiary alicyclic amines) is 1. The van der Waals surface area contributed by atoms with Gasteiger partial charge in [-0.15, -0.1) is 0 Å². The summed E-state index contributed by atoms with van der Waals surface area (Å²) >= 11 is 0. The molecule has 114 valence electrons. The minimum Gasteiger partial charge on any atom is -0.314 e. The number of hydrogen-bond acceptors (Lipinski definition) is 2. The van der Waals surface area contributed by atoms with Crippen LogP contribution in [0.25, 0.3) is 0 Å². The van der Waals surface area contributed by atoms with E-state index in [0.29, 0.717) is 16.9 Å². The molecule has 0 spiro atoms. The molecule has 1 fully saturated rings. The molecule has 1 saturated heterocycles. The average molecular weight is 268 g/mol. The first kappa shape index (κ1) is 17.0. The highest BCUT2D eigenvalue weighted by atomic mass is 15.2. The van der Waals surface area contributed by atoms with Crippen LogP contribution in [0.2, 0.25) is 0 Å². The summed E-state index contributed by atoms with van der Waals surface area (Å²) in [6, 6.07) is 0.592. The van der Waals surface area contributed by atoms with Crippen molar-refractivity contribution in [1.29, 1.82) is 0 Å². The SMILES string of the molecule is CCC(C)(CNC(C)C)CN1CCC(CC)(CC)C1. The van der Waals surface area contributed by atoms with Crippen molar-refractivity contribution in [3.63, 3.8) is 0 Å². The maximum Gasteiger partial charge on any atom is 0.00476 e. The highest BCUT2D eigenvalue weighted by molar-refractivity contribution is 4.91. The minimum absolute atomic E-state index is 0.418. The molecule has 1 heterocycles. The van der Waals surface area contributed by atoms with Gasteiger partial charge in [0.15, 0.2) is 0 Å². The third-order valence-corrected chi connectivity index (χ3v) is 5.41. The Morgan fingerprint density at radius 3 is 2.26 bits per heavy atom. The standard InChI is InChI=1S/C17H36N2/c1-7-16(6,12-18-15(4)5)13-19-11-10-17(8-2,9-3)14-19/h15,18H,7-14H2,1-6H3. The van der Waals surface area contributed by atoms with Crippen LogP contribution in [0.3, 0.4) is 0 Å². The van der Waals surface area contributed by atoms with Gasteiger partial charge in [0, 0.05) is 25.7 Å². The molecular formula is C17H36N2. The van der Waals surface area contributed by atoms with E-state index in [0.717, 1.165) is 6.54 Å². The predicted octanol–water partition coefficient (Wildman–Crippen LogP) is 3.91. The Morgan fingerprint density at radius 1 is 1.21 bits per heavy atom. The predicted molar refractivity (Wildman–Crippen MR) is 85.6 cm³/mol. The van der Waals surface area contributed by atoms with Crippen molar-refractivity contribution in [3.8, 4) is 0 Å². The normalized spacial score (nSPS) is 22.9. The van der Waals surface area contributed by atoms with Gasteiger partial charge in [0.1, 0.15) is 0 Å². The molecule has 1 aliphatic heterocycles. The third kappa shape index (κ3) is 4.75. The molecular weight excluding hydrogens is 232 g/mol. The van der Waals surface area contributed by atoms with Crippen molar-refractivity contribution in [2.45, 2.75) is 73.3 Å². The summed E-state index contributed by atoms with van der Waals surface area (Å²) in [7, 11) is 0. The van der Waals surface area contributed by atoms with Gasteiger partial charge in [-0.05, 0) is 43.1 Å². The zero-order chi connectivity index (χ0) is 14.5. The molecule has 2 heteroatoms. The van der Waals surface area contributed by atoms with Gasteiger partial charge in [-0.3, -0.25) is 0 Å². The molecule has 0 aliphatic carbocycles. The second kappa shape index (κ2) is 7.08. The maximum atomic E-state index is 3.63. The van der Waals surface area contributed by atoms with Crippen LogP contribution in [0, 0.1) is 10.8 Å². The van der Waals surface area contributed by atoms with E-state index in [2.05, 4.69) is 51.8 Å². The molecule has 19 heavy (non-hydrogen) atoms. The molecule has 1 unspecified atom stereocenters. The summed E-state index contributed by atoms with van der Waals surface area (Å²) in [5, 5.41) is 3.63. The number of nitrogens with zero attached hydrogens (tertiary/aromatic N) is 1. The van der Waals surface area contributed by atoms with Gasteiger partial charge >= 0.3 is 0 Å². The van der Waals surface area contributed by atoms with Crippen molar-refractivity contribution >= 4 is 0 Å². The summed E-state index contributed by atoms with van der Waals surface area (Å²) < 4.78 is 0. The van der Waals surface area contributed by atoms with Crippen LogP contribution in [-0.2, 0) is 0 Å². The van der Waals surface area contributed by atoms with E-state index >= 15 is 0 Å². The Balaban J connectivity index is 2.53. The fraction of sp³-hybridized carbons (Fsp3) is 1.00. The largest absolute Gasteiger partial charge is 0.314 e. The Bertz CT molecular complexity index is 258. The van der Waals surface area contributed by atoms with Crippen molar-refractivity contribution in [2.75, 3.05) is 26.2 Å². The number of nitrogens with one attached hydrogen (secondary N) is 1. The minimum atomic E-state index is 0.418. The highest BCUT2D eigenvalue weighted by Gasteiger charge is 2.37. The first-order valence-electron chi connectivity index (χ1n) is 8.34. The van der Waals surface area contributed by atoms with Crippen LogP contribution in [0.5, 0.6) is 0 Å². The molecule has 0 amide bonds. The lowest BCUT2D eigenvalue weighted by Crippen LogP contribution is -2.43. The summed E-state index contributed by atoms with van der Waals surface area (Å²) in [6.45, 7) is 19.0. The van der Waals surface area contributed by atoms with Crippen molar-refractivity contribution in [3.05, 3.63) is 0 Å². The molecule has 0 aromatic rings. The quantitative estimate of drug-likeness (QED) is 0.718. The van der Waals surface area contributed by atoms with Crippen LogP contribution in [-0.4, -0.2) is 37.1 Å². The lowest BCUT2D eigenvalue weighted by Gasteiger charge is -2.35. The highest BCUT2D eigenvalue weighted by Crippen LogP contribution is 2.38. The first-order valence-corrected chi connectivity index (χ1v) is 8.34. The molecule has 0 radical (unpaired) electrons. The second-order valence-electron chi connectivity index (χ2n) is 7.37. The molecule has 0 saturated carbocycles. The van der Waals surface area contributed by atoms with Gasteiger partial charge in [-0.25, -0.2) is 0 Å². The van der Waals surface area contributed by atoms with E-state index in [9.17, 15) is 0 Å². The fourth-order valence-electron chi connectivity index (χ4n) is 3.27. The second-order valence-corrected chi connectivity index (χ2v) is 7.37. The Labute approximate surface area is 121 Å². The van der Waals surface area contributed by atoms with E-state index in [4.69, 9.17) is 0 Å². The molecule has 0 aromatic heterocycles. The van der Waals surface area contributed by atoms with E-state index in [1.54, 1.807) is 0 Å². The van der Waals surface area contributed by atoms with Crippen LogP contribution < -0.4 is 5.32 Å². The monoisotopic (exact) mass is 268 g/mol. The number of rotatable bonds is 8. The van der Waals surface area contributed by atoms with Crippen LogP contribution in [0.1, 0.15) is 67.2 Å². The van der Waals surface area contributed by atoms with Crippen LogP contribution in [0.4, 0.5) is 0 Å². The first-order chi connectivity index (χ1) is 8.88. The molecule has 1 aliphatic rings. The van der Waals surface area contributed by atoms with Gasteiger partial charge < -0.3 is 10.2 Å². The van der Waals surface area contributed by atoms with E-state index in [1.807, 2.05) is 0 Å². The zero-order valence-corrected chi connectivity index (χ0v) is 14.2. The van der Waals surface area contributed by atoms with Gasteiger partial charge in [0.2, 0.25) is 0 Å². The molecule has 2 nitrogen and oxygen atoms in total. The van der Waals surface area contributed by atoms with Gasteiger partial charge in [0.05, 0.1) is 0 Å². The summed E-state index contributed by atoms with van der Waals surface area (Å²) in [5.74, 6) is 0. The number of hydrogen-bond donors (Lipinski definition) is 1. The van der Waals surface area contributed by atoms with E-state index < -0.39 is 0 Å². The third-order valence-electron chi connectivity index (χ3n) is 5.41. The Morgan fingerprint density at radius 2 is 1.84 bits per heavy atom. The van der Waals surface area contributed by atoms with E-state index in [1.165, 1.54) is 45.3 Å². The maximum absolute atomic E-state index is 3.63. The average Bonchev–Trinajstić information content (AvgIpc) is 2.80. The lowest BCUT2D eigenvalue weighted by molar-refractivity contribution is 0.156. The van der Waals surface area contributed by atoms with Gasteiger partial charge in [-0.2, -0.15) is 0 Å². The van der Waals surface area contributed by atoms with Gasteiger partial charge in [-0.1, -0.05) is 41.5 Å². The van der Waals surface area contributed by atoms with Gasteiger partial charge in [0.25, 0.3) is 0 Å². The smallest absolute Gasteiger partial charge is 0.00476 e. The van der Waals surface area contributed by atoms with E-state index in [-0.39, 0.29) is 0 Å². The van der Waals surface area contributed by atoms with Crippen molar-refractivity contribution in [1.82, 2.24) is 10.2 Å². The lowest BCUT2D eigenvalue weighted by atomic mass is 9.81. The molecule has 1 rings (SSSR count).